The van der Waals surface area contributed by atoms with E-state index < -0.39 is 12.0 Å². The third-order valence-corrected chi connectivity index (χ3v) is 1.81. The first kappa shape index (κ1) is 10.2. The molecule has 1 aromatic rings. The number of nitrogens with zero attached hydrogens (tertiary/aromatic N) is 1. The number of carboxylic acid groups (broad SMARTS) is 1. The summed E-state index contributed by atoms with van der Waals surface area (Å²) >= 11 is 0. The van der Waals surface area contributed by atoms with E-state index >= 15 is 0 Å². The minimum absolute atomic E-state index is 0.128. The van der Waals surface area contributed by atoms with E-state index in [1.165, 1.54) is 12.1 Å². The smallest absolute Gasteiger partial charge is 0.330 e. The van der Waals surface area contributed by atoms with Crippen LogP contribution in [0.2, 0.25) is 0 Å². The number of carboxylic acids is 1. The fraction of sp³-hybridized carbons (Fsp3) is 0.222. The zero-order chi connectivity index (χ0) is 10.6. The van der Waals surface area contributed by atoms with Crippen LogP contribution in [0.15, 0.2) is 29.4 Å². The topological polar surface area (TPSA) is 93.7 Å². The lowest BCUT2D eigenvalue weighted by atomic mass is 10.1. The van der Waals surface area contributed by atoms with Gasteiger partial charge in [0.1, 0.15) is 5.75 Å². The summed E-state index contributed by atoms with van der Waals surface area (Å²) in [4.78, 5) is 10.5. The van der Waals surface area contributed by atoms with Gasteiger partial charge in [-0.1, -0.05) is 12.1 Å². The van der Waals surface area contributed by atoms with Crippen molar-refractivity contribution >= 4 is 5.97 Å². The molecule has 1 atom stereocenters. The summed E-state index contributed by atoms with van der Waals surface area (Å²) in [6, 6.07) is 5.11. The van der Waals surface area contributed by atoms with Crippen molar-refractivity contribution in [3.63, 3.8) is 0 Å². The van der Waals surface area contributed by atoms with E-state index in [1.54, 1.807) is 12.1 Å². The molecule has 0 aliphatic rings. The Kier molecular flexibility index (Phi) is 3.17. The second-order valence-corrected chi connectivity index (χ2v) is 2.85. The zero-order valence-corrected chi connectivity index (χ0v) is 7.34. The molecule has 74 valence electrons. The van der Waals surface area contributed by atoms with Gasteiger partial charge in [-0.25, -0.2) is 10.3 Å². The molecule has 0 aromatic heterocycles. The monoisotopic (exact) mass is 194 g/mol. The summed E-state index contributed by atoms with van der Waals surface area (Å²) in [6.45, 7) is 0. The highest BCUT2D eigenvalue weighted by Gasteiger charge is 2.16. The Morgan fingerprint density at radius 2 is 2.00 bits per heavy atom. The van der Waals surface area contributed by atoms with Gasteiger partial charge in [-0.2, -0.15) is 5.11 Å². The van der Waals surface area contributed by atoms with Crippen LogP contribution in [0.1, 0.15) is 5.56 Å². The molecule has 1 aromatic carbocycles. The fourth-order valence-corrected chi connectivity index (χ4v) is 1.04. The summed E-state index contributed by atoms with van der Waals surface area (Å²) in [5, 5.41) is 20.6. The van der Waals surface area contributed by atoms with Crippen molar-refractivity contribution in [2.75, 3.05) is 0 Å². The molecular weight excluding hydrogens is 184 g/mol. The normalized spacial score (nSPS) is 12.0. The number of phenols is 1. The van der Waals surface area contributed by atoms with Gasteiger partial charge in [0.2, 0.25) is 0 Å². The Balaban J connectivity index is 2.72. The van der Waals surface area contributed by atoms with Gasteiger partial charge in [0.05, 0.1) is 0 Å². The molecule has 14 heavy (non-hydrogen) atoms. The molecular formula is C9H10N2O3. The Morgan fingerprint density at radius 3 is 2.43 bits per heavy atom. The van der Waals surface area contributed by atoms with E-state index in [9.17, 15) is 4.79 Å². The fourth-order valence-electron chi connectivity index (χ4n) is 1.04. The number of carbonyl (C=O) groups is 1. The van der Waals surface area contributed by atoms with E-state index in [0.717, 1.165) is 5.56 Å². The number of rotatable bonds is 4. The molecule has 3 N–H and O–H groups in total. The van der Waals surface area contributed by atoms with Crippen LogP contribution in [-0.2, 0) is 11.2 Å². The van der Waals surface area contributed by atoms with Gasteiger partial charge in [0, 0.05) is 6.42 Å². The number of aromatic hydroxyl groups is 1. The first-order chi connectivity index (χ1) is 6.63. The van der Waals surface area contributed by atoms with Crippen LogP contribution >= 0.6 is 0 Å². The van der Waals surface area contributed by atoms with Gasteiger partial charge in [-0.15, -0.1) is 0 Å². The SMILES string of the molecule is N=N[C@@H](Cc1ccc(O)cc1)C(=O)O. The zero-order valence-electron chi connectivity index (χ0n) is 7.34. The van der Waals surface area contributed by atoms with E-state index in [2.05, 4.69) is 5.11 Å². The number of aliphatic carboxylic acids is 1. The van der Waals surface area contributed by atoms with Crippen molar-refractivity contribution in [3.8, 4) is 5.75 Å². The Morgan fingerprint density at radius 1 is 1.43 bits per heavy atom. The highest BCUT2D eigenvalue weighted by atomic mass is 16.4. The predicted molar refractivity (Wildman–Crippen MR) is 48.4 cm³/mol. The van der Waals surface area contributed by atoms with Crippen molar-refractivity contribution in [2.45, 2.75) is 12.5 Å². The van der Waals surface area contributed by atoms with Gasteiger partial charge < -0.3 is 10.2 Å². The van der Waals surface area contributed by atoms with Crippen molar-refractivity contribution in [1.82, 2.24) is 0 Å². The summed E-state index contributed by atoms with van der Waals surface area (Å²) < 4.78 is 0. The summed E-state index contributed by atoms with van der Waals surface area (Å²) in [6.07, 6.45) is 0.166. The predicted octanol–water partition coefficient (Wildman–Crippen LogP) is 1.42. The van der Waals surface area contributed by atoms with Crippen LogP contribution in [-0.4, -0.2) is 22.2 Å². The first-order valence-corrected chi connectivity index (χ1v) is 4.00. The number of hydrogen-bond donors (Lipinski definition) is 3. The second-order valence-electron chi connectivity index (χ2n) is 2.85. The largest absolute Gasteiger partial charge is 0.508 e. The molecule has 1 rings (SSSR count). The molecule has 0 bridgehead atoms. The van der Waals surface area contributed by atoms with E-state index in [1.807, 2.05) is 0 Å². The molecule has 0 aliphatic heterocycles. The van der Waals surface area contributed by atoms with Crippen LogP contribution < -0.4 is 0 Å². The molecule has 0 amide bonds. The maximum atomic E-state index is 10.5. The maximum absolute atomic E-state index is 10.5. The van der Waals surface area contributed by atoms with Gasteiger partial charge in [0.15, 0.2) is 6.04 Å². The van der Waals surface area contributed by atoms with Crippen molar-refractivity contribution in [1.29, 1.82) is 5.53 Å². The Labute approximate surface area is 80.5 Å². The molecule has 0 heterocycles. The number of phenolic OH excluding ortho intramolecular Hbond substituents is 1. The van der Waals surface area contributed by atoms with Gasteiger partial charge in [-0.3, -0.25) is 0 Å². The molecule has 0 spiro atoms. The quantitative estimate of drug-likeness (QED) is 0.632. The summed E-state index contributed by atoms with van der Waals surface area (Å²) in [7, 11) is 0. The van der Waals surface area contributed by atoms with Crippen molar-refractivity contribution in [2.24, 2.45) is 5.11 Å². The summed E-state index contributed by atoms with van der Waals surface area (Å²) in [5.74, 6) is -0.989. The highest BCUT2D eigenvalue weighted by Crippen LogP contribution is 2.12. The minimum Gasteiger partial charge on any atom is -0.508 e. The second kappa shape index (κ2) is 4.36. The van der Waals surface area contributed by atoms with Crippen LogP contribution in [0.25, 0.3) is 0 Å². The summed E-state index contributed by atoms with van der Waals surface area (Å²) in [5.41, 5.74) is 7.40. The van der Waals surface area contributed by atoms with Gasteiger partial charge in [0.25, 0.3) is 0 Å². The average molecular weight is 194 g/mol. The number of benzene rings is 1. The number of nitrogens with one attached hydrogen (secondary N) is 1. The molecule has 0 aliphatic carbocycles. The number of hydrogen-bond acceptors (Lipinski definition) is 4. The van der Waals surface area contributed by atoms with Crippen LogP contribution in [0, 0.1) is 5.53 Å². The standard InChI is InChI=1S/C9H10N2O3/c10-11-8(9(13)14)5-6-1-3-7(12)4-2-6/h1-4,8,10,12H,5H2,(H,13,14)/t8-/m0/s1. The molecule has 0 unspecified atom stereocenters. The molecule has 0 radical (unpaired) electrons. The van der Waals surface area contributed by atoms with Crippen molar-refractivity contribution < 1.29 is 15.0 Å². The van der Waals surface area contributed by atoms with Crippen LogP contribution in [0.5, 0.6) is 5.75 Å². The third-order valence-electron chi connectivity index (χ3n) is 1.81. The van der Waals surface area contributed by atoms with E-state index in [-0.39, 0.29) is 12.2 Å². The van der Waals surface area contributed by atoms with Crippen molar-refractivity contribution in [3.05, 3.63) is 29.8 Å². The molecule has 0 fully saturated rings. The minimum atomic E-state index is -1.12. The van der Waals surface area contributed by atoms with Crippen LogP contribution in [0.3, 0.4) is 0 Å². The highest BCUT2D eigenvalue weighted by molar-refractivity contribution is 5.73. The van der Waals surface area contributed by atoms with Gasteiger partial charge in [-0.05, 0) is 17.7 Å². The van der Waals surface area contributed by atoms with E-state index in [4.69, 9.17) is 15.7 Å². The molecule has 0 saturated heterocycles. The van der Waals surface area contributed by atoms with E-state index in [0.29, 0.717) is 0 Å². The lowest BCUT2D eigenvalue weighted by Gasteiger charge is -2.05. The lowest BCUT2D eigenvalue weighted by molar-refractivity contribution is -0.138. The molecule has 0 saturated carbocycles. The van der Waals surface area contributed by atoms with Gasteiger partial charge >= 0.3 is 5.97 Å². The Bertz CT molecular complexity index is 334. The van der Waals surface area contributed by atoms with Crippen LogP contribution in [0.4, 0.5) is 0 Å². The Hall–Kier alpha value is -1.91. The lowest BCUT2D eigenvalue weighted by Crippen LogP contribution is -2.19. The average Bonchev–Trinajstić information content (AvgIpc) is 2.16. The first-order valence-electron chi connectivity index (χ1n) is 4.00. The maximum Gasteiger partial charge on any atom is 0.330 e. The third kappa shape index (κ3) is 2.55. The molecule has 5 nitrogen and oxygen atoms in total. The molecule has 5 heteroatoms.